The van der Waals surface area contributed by atoms with Crippen LogP contribution in [-0.2, 0) is 13.1 Å². The van der Waals surface area contributed by atoms with E-state index < -0.39 is 0 Å². The highest BCUT2D eigenvalue weighted by Crippen LogP contribution is 2.38. The molecule has 5 rings (SSSR count). The Kier molecular flexibility index (Phi) is 9.78. The van der Waals surface area contributed by atoms with Gasteiger partial charge in [-0.15, -0.1) is 11.3 Å². The Morgan fingerprint density at radius 3 is 2.83 bits per heavy atom. The Morgan fingerprint density at radius 1 is 1.21 bits per heavy atom. The number of anilines is 1. The number of pyridine rings is 2. The number of halogens is 1. The third kappa shape index (κ3) is 6.78. The number of carbonyl (C=O) groups is 1. The molecule has 4 heterocycles. The normalized spacial score (nSPS) is 15.2. The minimum Gasteiger partial charge on any atom is -0.481 e. The highest BCUT2D eigenvalue weighted by atomic mass is 35.5. The maximum Gasteiger partial charge on any atom is 0.284 e. The number of β-amino-alcohol motifs (C(OH)–C–C–N with tert-alkyl or cyclic N) is 1. The first-order valence-corrected chi connectivity index (χ1v) is 14.8. The van der Waals surface area contributed by atoms with E-state index in [1.54, 1.807) is 19.5 Å². The Hall–Kier alpha value is -3.45. The van der Waals surface area contributed by atoms with Gasteiger partial charge in [-0.25, -0.2) is 9.97 Å². The van der Waals surface area contributed by atoms with E-state index in [4.69, 9.17) is 26.4 Å². The number of aromatic nitrogens is 3. The molecular weight excluding hydrogens is 576 g/mol. The summed E-state index contributed by atoms with van der Waals surface area (Å²) in [7, 11) is 1.60. The van der Waals surface area contributed by atoms with Gasteiger partial charge in [0.15, 0.2) is 5.01 Å². The largest absolute Gasteiger partial charge is 0.481 e. The molecule has 4 aromatic rings. The lowest BCUT2D eigenvalue weighted by Crippen LogP contribution is -2.22. The van der Waals surface area contributed by atoms with Gasteiger partial charge in [0.2, 0.25) is 5.88 Å². The molecule has 3 aromatic heterocycles. The molecule has 1 aromatic carbocycles. The number of aliphatic hydroxyl groups is 2. The van der Waals surface area contributed by atoms with Crippen molar-refractivity contribution >= 4 is 34.5 Å². The fourth-order valence-corrected chi connectivity index (χ4v) is 6.02. The molecule has 10 nitrogen and oxygen atoms in total. The first-order chi connectivity index (χ1) is 20.4. The van der Waals surface area contributed by atoms with E-state index in [0.29, 0.717) is 64.7 Å². The second-order valence-electron chi connectivity index (χ2n) is 10.0. The number of amides is 1. The Labute approximate surface area is 253 Å². The van der Waals surface area contributed by atoms with Crippen LogP contribution in [-0.4, -0.2) is 75.4 Å². The summed E-state index contributed by atoms with van der Waals surface area (Å²) in [6, 6.07) is 11.3. The maximum absolute atomic E-state index is 13.0. The topological polar surface area (TPSA) is 133 Å². The molecule has 1 atom stereocenters. The van der Waals surface area contributed by atoms with Gasteiger partial charge in [-0.1, -0.05) is 29.8 Å². The second-order valence-corrected chi connectivity index (χ2v) is 11.5. The molecule has 4 N–H and O–H groups in total. The van der Waals surface area contributed by atoms with Gasteiger partial charge in [0.05, 0.1) is 36.2 Å². The molecule has 0 saturated carbocycles. The number of thiazole rings is 1. The van der Waals surface area contributed by atoms with Gasteiger partial charge in [0.1, 0.15) is 0 Å². The molecule has 1 fully saturated rings. The van der Waals surface area contributed by atoms with Gasteiger partial charge in [-0.2, -0.15) is 0 Å². The number of nitrogens with zero attached hydrogens (tertiary/aromatic N) is 4. The second kappa shape index (κ2) is 13.7. The summed E-state index contributed by atoms with van der Waals surface area (Å²) in [6.45, 7) is 5.08. The number of methoxy groups -OCH3 is 1. The summed E-state index contributed by atoms with van der Waals surface area (Å²) >= 11 is 8.25. The minimum absolute atomic E-state index is 0.0474. The monoisotopic (exact) mass is 608 g/mol. The average Bonchev–Trinajstić information content (AvgIpc) is 3.64. The zero-order valence-electron chi connectivity index (χ0n) is 23.4. The predicted octanol–water partition coefficient (Wildman–Crippen LogP) is 4.14. The number of rotatable bonds is 11. The Bertz CT molecular complexity index is 1560. The number of carbonyl (C=O) groups excluding carboxylic acids is 1. The molecule has 1 aliphatic rings. The fourth-order valence-electron chi connectivity index (χ4n) is 4.93. The number of benzene rings is 1. The van der Waals surface area contributed by atoms with Crippen LogP contribution in [0.15, 0.2) is 48.8 Å². The zero-order valence-corrected chi connectivity index (χ0v) is 25.0. The molecule has 1 amide bonds. The SMILES string of the molecule is COc1nc(-c2ccnc(-c3cccc(NC(=O)c4ncc(CNCCO)s4)c3C)c2Cl)ccc1CN1CC[C@@H](O)C1. The molecule has 1 aliphatic heterocycles. The summed E-state index contributed by atoms with van der Waals surface area (Å²) in [4.78, 5) is 29.6. The zero-order chi connectivity index (χ0) is 29.6. The van der Waals surface area contributed by atoms with Crippen LogP contribution in [0.5, 0.6) is 5.88 Å². The van der Waals surface area contributed by atoms with Gasteiger partial charge in [-0.05, 0) is 37.1 Å². The maximum atomic E-state index is 13.0. The van der Waals surface area contributed by atoms with E-state index in [1.807, 2.05) is 43.3 Å². The van der Waals surface area contributed by atoms with E-state index in [9.17, 15) is 9.90 Å². The smallest absolute Gasteiger partial charge is 0.284 e. The lowest BCUT2D eigenvalue weighted by Gasteiger charge is -2.18. The third-order valence-electron chi connectivity index (χ3n) is 7.11. The molecule has 0 spiro atoms. The summed E-state index contributed by atoms with van der Waals surface area (Å²) in [5, 5.41) is 25.6. The van der Waals surface area contributed by atoms with Gasteiger partial charge >= 0.3 is 0 Å². The molecule has 0 unspecified atom stereocenters. The molecule has 42 heavy (non-hydrogen) atoms. The number of likely N-dealkylation sites (tertiary alicyclic amines) is 1. The van der Waals surface area contributed by atoms with E-state index in [0.717, 1.165) is 34.5 Å². The molecular formula is C30H33ClN6O4S. The van der Waals surface area contributed by atoms with Gasteiger partial charge in [0.25, 0.3) is 5.91 Å². The molecule has 0 aliphatic carbocycles. The third-order valence-corrected chi connectivity index (χ3v) is 8.49. The highest BCUT2D eigenvalue weighted by molar-refractivity contribution is 7.13. The molecule has 12 heteroatoms. The first-order valence-electron chi connectivity index (χ1n) is 13.6. The van der Waals surface area contributed by atoms with Crippen molar-refractivity contribution in [2.75, 3.05) is 38.7 Å². The number of nitrogens with one attached hydrogen (secondary N) is 2. The lowest BCUT2D eigenvalue weighted by molar-refractivity contribution is 0.102. The highest BCUT2D eigenvalue weighted by Gasteiger charge is 2.23. The van der Waals surface area contributed by atoms with Crippen LogP contribution >= 0.6 is 22.9 Å². The van der Waals surface area contributed by atoms with Crippen LogP contribution in [0.1, 0.15) is 32.2 Å². The van der Waals surface area contributed by atoms with Crippen molar-refractivity contribution in [1.29, 1.82) is 0 Å². The Balaban J connectivity index is 1.37. The van der Waals surface area contributed by atoms with Crippen molar-refractivity contribution in [2.24, 2.45) is 0 Å². The number of aliphatic hydroxyl groups excluding tert-OH is 2. The standard InChI is InChI=1S/C30H33ClN6O4S/c1-18-22(4-3-5-24(18)35-28(40)30-34-15-21(42-30)14-32-11-13-38)27-26(31)23(8-10-33-27)25-7-6-19(29(36-25)41-2)16-37-12-9-20(39)17-37/h3-8,10,15,20,32,38-39H,9,11-14,16-17H2,1-2H3,(H,35,40)/t20-/m1/s1. The summed E-state index contributed by atoms with van der Waals surface area (Å²) in [5.41, 5.74) is 5.10. The van der Waals surface area contributed by atoms with E-state index >= 15 is 0 Å². The predicted molar refractivity (Wildman–Crippen MR) is 164 cm³/mol. The minimum atomic E-state index is -0.304. The summed E-state index contributed by atoms with van der Waals surface area (Å²) in [5.74, 6) is 0.208. The first kappa shape index (κ1) is 30.0. The van der Waals surface area contributed by atoms with Crippen molar-refractivity contribution < 1.29 is 19.7 Å². The van der Waals surface area contributed by atoms with Crippen LogP contribution in [0.4, 0.5) is 5.69 Å². The van der Waals surface area contributed by atoms with Crippen molar-refractivity contribution in [1.82, 2.24) is 25.2 Å². The molecule has 0 bridgehead atoms. The lowest BCUT2D eigenvalue weighted by atomic mass is 10.0. The molecule has 1 saturated heterocycles. The number of hydrogen-bond acceptors (Lipinski definition) is 10. The van der Waals surface area contributed by atoms with E-state index in [2.05, 4.69) is 25.5 Å². The van der Waals surface area contributed by atoms with E-state index in [-0.39, 0.29) is 18.6 Å². The van der Waals surface area contributed by atoms with Crippen LogP contribution in [0.25, 0.3) is 22.5 Å². The summed E-state index contributed by atoms with van der Waals surface area (Å²) in [6.07, 6.45) is 3.83. The van der Waals surface area contributed by atoms with Gasteiger partial charge in [0, 0.05) is 72.4 Å². The van der Waals surface area contributed by atoms with Crippen molar-refractivity contribution in [3.05, 3.63) is 74.8 Å². The number of hydrogen-bond donors (Lipinski definition) is 4. The Morgan fingerprint density at radius 2 is 2.07 bits per heavy atom. The fraction of sp³-hybridized carbons (Fsp3) is 0.333. The van der Waals surface area contributed by atoms with Gasteiger partial charge in [-0.3, -0.25) is 14.7 Å². The van der Waals surface area contributed by atoms with Crippen molar-refractivity contribution in [2.45, 2.75) is 32.5 Å². The van der Waals surface area contributed by atoms with Crippen molar-refractivity contribution in [3.63, 3.8) is 0 Å². The quantitative estimate of drug-likeness (QED) is 0.185. The number of ether oxygens (including phenoxy) is 1. The molecule has 220 valence electrons. The van der Waals surface area contributed by atoms with Crippen LogP contribution in [0, 0.1) is 6.92 Å². The molecule has 0 radical (unpaired) electrons. The van der Waals surface area contributed by atoms with Crippen molar-refractivity contribution in [3.8, 4) is 28.4 Å². The van der Waals surface area contributed by atoms with Crippen LogP contribution < -0.4 is 15.4 Å². The average molecular weight is 609 g/mol. The van der Waals surface area contributed by atoms with E-state index in [1.165, 1.54) is 11.3 Å². The van der Waals surface area contributed by atoms with Crippen LogP contribution in [0.3, 0.4) is 0 Å². The van der Waals surface area contributed by atoms with Crippen LogP contribution in [0.2, 0.25) is 5.02 Å². The van der Waals surface area contributed by atoms with Gasteiger partial charge < -0.3 is 25.6 Å². The summed E-state index contributed by atoms with van der Waals surface area (Å²) < 4.78 is 5.62.